The molecule has 0 N–H and O–H groups in total. The smallest absolute Gasteiger partial charge is 0.0542 e. The average molecular weight is 425 g/mol. The van der Waals surface area contributed by atoms with Gasteiger partial charge < -0.3 is 9.47 Å². The fraction of sp³-hybridized carbons (Fsp3) is 0.0323. The summed E-state index contributed by atoms with van der Waals surface area (Å²) in [4.78, 5) is 2.27. The van der Waals surface area contributed by atoms with Crippen molar-refractivity contribution < 1.29 is 0 Å². The van der Waals surface area contributed by atoms with Crippen molar-refractivity contribution in [1.82, 2.24) is 4.57 Å². The molecule has 0 radical (unpaired) electrons. The molecular weight excluding hydrogens is 400 g/mol. The molecule has 1 aliphatic rings. The van der Waals surface area contributed by atoms with Gasteiger partial charge in [0.2, 0.25) is 0 Å². The summed E-state index contributed by atoms with van der Waals surface area (Å²) in [6, 6.07) is 34.6. The minimum Gasteiger partial charge on any atom is -0.311 e. The van der Waals surface area contributed by atoms with E-state index in [-0.39, 0.29) is 0 Å². The van der Waals surface area contributed by atoms with Crippen LogP contribution in [0.2, 0.25) is 0 Å². The Morgan fingerprint density at radius 3 is 2.30 bits per heavy atom. The van der Waals surface area contributed by atoms with Gasteiger partial charge in [0.25, 0.3) is 0 Å². The molecule has 0 saturated carbocycles. The number of allylic oxidation sites excluding steroid dienone is 4. The van der Waals surface area contributed by atoms with E-state index in [1.165, 1.54) is 38.7 Å². The number of hydrogen-bond acceptors (Lipinski definition) is 1. The standard InChI is InChI=1S/C31H24N2/c1-23-12-4-2-5-13-24-14-8-10-18-29(24)32(23)26-20-21-31-28(22-26)27-17-9-11-19-30(27)33(31)25-15-6-3-7-16-25/h2-12,14-22H,1,13H2/b5-2-,12-4-. The second-order valence-corrected chi connectivity index (χ2v) is 8.34. The Bertz CT molecular complexity index is 1550. The maximum Gasteiger partial charge on any atom is 0.0542 e. The van der Waals surface area contributed by atoms with E-state index in [0.717, 1.165) is 17.8 Å². The van der Waals surface area contributed by atoms with Crippen molar-refractivity contribution in [3.63, 3.8) is 0 Å². The molecule has 2 nitrogen and oxygen atoms in total. The molecule has 1 aliphatic heterocycles. The minimum absolute atomic E-state index is 0.889. The lowest BCUT2D eigenvalue weighted by Gasteiger charge is -2.27. The zero-order valence-electron chi connectivity index (χ0n) is 18.4. The molecular formula is C31H24N2. The van der Waals surface area contributed by atoms with Crippen molar-refractivity contribution in [3.05, 3.63) is 139 Å². The van der Waals surface area contributed by atoms with Gasteiger partial charge in [-0.05, 0) is 60.5 Å². The molecule has 5 aromatic rings. The molecule has 2 heteroatoms. The number of nitrogens with zero attached hydrogens (tertiary/aromatic N) is 2. The average Bonchev–Trinajstić information content (AvgIpc) is 3.22. The highest BCUT2D eigenvalue weighted by atomic mass is 15.1. The molecule has 0 aliphatic carbocycles. The lowest BCUT2D eigenvalue weighted by Crippen LogP contribution is -2.15. The first-order valence-electron chi connectivity index (χ1n) is 11.3. The van der Waals surface area contributed by atoms with Gasteiger partial charge in [-0.2, -0.15) is 0 Å². The van der Waals surface area contributed by atoms with Crippen LogP contribution in [0.15, 0.2) is 134 Å². The molecule has 1 aromatic heterocycles. The summed E-state index contributed by atoms with van der Waals surface area (Å²) < 4.78 is 2.35. The zero-order chi connectivity index (χ0) is 22.2. The molecule has 0 unspecified atom stereocenters. The Hall–Kier alpha value is -4.30. The Labute approximate surface area is 194 Å². The van der Waals surface area contributed by atoms with Gasteiger partial charge in [-0.15, -0.1) is 0 Å². The van der Waals surface area contributed by atoms with Gasteiger partial charge in [0.05, 0.1) is 11.0 Å². The monoisotopic (exact) mass is 424 g/mol. The van der Waals surface area contributed by atoms with Gasteiger partial charge >= 0.3 is 0 Å². The van der Waals surface area contributed by atoms with Gasteiger partial charge in [-0.1, -0.05) is 79.4 Å². The van der Waals surface area contributed by atoms with Gasteiger partial charge in [-0.25, -0.2) is 0 Å². The van der Waals surface area contributed by atoms with Crippen LogP contribution in [-0.2, 0) is 6.42 Å². The quantitative estimate of drug-likeness (QED) is 0.278. The minimum atomic E-state index is 0.889. The number of para-hydroxylation sites is 3. The lowest BCUT2D eigenvalue weighted by atomic mass is 10.1. The molecule has 158 valence electrons. The van der Waals surface area contributed by atoms with E-state index in [1.54, 1.807) is 0 Å². The number of aromatic nitrogens is 1. The van der Waals surface area contributed by atoms with Crippen LogP contribution in [0.1, 0.15) is 5.56 Å². The van der Waals surface area contributed by atoms with E-state index >= 15 is 0 Å². The summed E-state index contributed by atoms with van der Waals surface area (Å²) >= 11 is 0. The van der Waals surface area contributed by atoms with Crippen LogP contribution in [-0.4, -0.2) is 4.57 Å². The molecule has 0 atom stereocenters. The second kappa shape index (κ2) is 7.99. The number of fused-ring (bicyclic) bond motifs is 4. The van der Waals surface area contributed by atoms with E-state index in [0.29, 0.717) is 0 Å². The predicted molar refractivity (Wildman–Crippen MR) is 140 cm³/mol. The van der Waals surface area contributed by atoms with Crippen LogP contribution in [0.5, 0.6) is 0 Å². The SMILES string of the molecule is C=C1/C=C\C=C/Cc2ccccc2N1c1ccc2c(c1)c1ccccc1n2-c1ccccc1. The molecule has 2 heterocycles. The Balaban J connectivity index is 1.61. The van der Waals surface area contributed by atoms with Crippen LogP contribution >= 0.6 is 0 Å². The van der Waals surface area contributed by atoms with Crippen molar-refractivity contribution in [1.29, 1.82) is 0 Å². The third kappa shape index (κ3) is 3.28. The molecule has 0 spiro atoms. The Morgan fingerprint density at radius 2 is 1.39 bits per heavy atom. The molecule has 4 aromatic carbocycles. The summed E-state index contributed by atoms with van der Waals surface area (Å²) in [5.74, 6) is 0. The third-order valence-corrected chi connectivity index (χ3v) is 6.32. The van der Waals surface area contributed by atoms with Crippen molar-refractivity contribution in [3.8, 4) is 5.69 Å². The molecule has 0 fully saturated rings. The highest BCUT2D eigenvalue weighted by Crippen LogP contribution is 2.38. The van der Waals surface area contributed by atoms with E-state index in [4.69, 9.17) is 0 Å². The fourth-order valence-electron chi connectivity index (χ4n) is 4.83. The summed E-state index contributed by atoms with van der Waals surface area (Å²) in [5.41, 5.74) is 8.09. The first kappa shape index (κ1) is 19.4. The van der Waals surface area contributed by atoms with Crippen LogP contribution < -0.4 is 4.90 Å². The van der Waals surface area contributed by atoms with Crippen molar-refractivity contribution in [2.24, 2.45) is 0 Å². The lowest BCUT2D eigenvalue weighted by molar-refractivity contribution is 1.16. The van der Waals surface area contributed by atoms with E-state index in [9.17, 15) is 0 Å². The van der Waals surface area contributed by atoms with Crippen molar-refractivity contribution in [2.45, 2.75) is 6.42 Å². The largest absolute Gasteiger partial charge is 0.311 e. The highest BCUT2D eigenvalue weighted by molar-refractivity contribution is 6.10. The first-order valence-corrected chi connectivity index (χ1v) is 11.3. The van der Waals surface area contributed by atoms with Crippen LogP contribution in [0.3, 0.4) is 0 Å². The van der Waals surface area contributed by atoms with Gasteiger partial charge in [0.1, 0.15) is 0 Å². The maximum atomic E-state index is 4.41. The molecule has 0 bridgehead atoms. The van der Waals surface area contributed by atoms with Crippen LogP contribution in [0.4, 0.5) is 11.4 Å². The van der Waals surface area contributed by atoms with E-state index in [1.807, 2.05) is 0 Å². The number of rotatable bonds is 2. The van der Waals surface area contributed by atoms with Crippen molar-refractivity contribution in [2.75, 3.05) is 4.90 Å². The van der Waals surface area contributed by atoms with Crippen LogP contribution in [0.25, 0.3) is 27.5 Å². The maximum absolute atomic E-state index is 4.41. The number of anilines is 2. The topological polar surface area (TPSA) is 8.17 Å². The summed E-state index contributed by atoms with van der Waals surface area (Å²) in [5, 5.41) is 2.48. The number of benzene rings is 4. The van der Waals surface area contributed by atoms with Gasteiger partial charge in [0, 0.05) is 33.5 Å². The molecule has 0 amide bonds. The van der Waals surface area contributed by atoms with Gasteiger partial charge in [0.15, 0.2) is 0 Å². The molecule has 0 saturated heterocycles. The van der Waals surface area contributed by atoms with E-state index in [2.05, 4.69) is 137 Å². The fourth-order valence-corrected chi connectivity index (χ4v) is 4.83. The summed E-state index contributed by atoms with van der Waals surface area (Å²) in [6.07, 6.45) is 9.34. The zero-order valence-corrected chi connectivity index (χ0v) is 18.4. The Kier molecular flexibility index (Phi) is 4.70. The van der Waals surface area contributed by atoms with Crippen LogP contribution in [0, 0.1) is 0 Å². The highest BCUT2D eigenvalue weighted by Gasteiger charge is 2.18. The molecule has 33 heavy (non-hydrogen) atoms. The summed E-state index contributed by atoms with van der Waals surface area (Å²) in [6.45, 7) is 4.41. The normalized spacial score (nSPS) is 15.6. The third-order valence-electron chi connectivity index (χ3n) is 6.32. The first-order chi connectivity index (χ1) is 16.3. The second-order valence-electron chi connectivity index (χ2n) is 8.34. The number of hydrogen-bond donors (Lipinski definition) is 0. The van der Waals surface area contributed by atoms with Crippen molar-refractivity contribution >= 4 is 33.2 Å². The summed E-state index contributed by atoms with van der Waals surface area (Å²) in [7, 11) is 0. The molecule has 6 rings (SSSR count). The Morgan fingerprint density at radius 1 is 0.636 bits per heavy atom. The predicted octanol–water partition coefficient (Wildman–Crippen LogP) is 8.10. The van der Waals surface area contributed by atoms with Gasteiger partial charge in [-0.3, -0.25) is 0 Å². The van der Waals surface area contributed by atoms with E-state index < -0.39 is 0 Å².